The molecule has 15 heteroatoms. The van der Waals surface area contributed by atoms with Crippen LogP contribution in [0.15, 0.2) is 0 Å². The molecule has 1 aliphatic heterocycles. The van der Waals surface area contributed by atoms with Crippen LogP contribution in [0.2, 0.25) is 0 Å². The largest absolute Gasteiger partial charge is 0.372 e. The molecule has 34 heavy (non-hydrogen) atoms. The molecule has 0 bridgehead atoms. The zero-order valence-corrected chi connectivity index (χ0v) is 22.3. The highest BCUT2D eigenvalue weighted by Gasteiger charge is 2.28. The Morgan fingerprint density at radius 3 is 1.76 bits per heavy atom. The van der Waals surface area contributed by atoms with Crippen molar-refractivity contribution in [2.24, 2.45) is 0 Å². The van der Waals surface area contributed by atoms with Crippen molar-refractivity contribution in [1.82, 2.24) is 14.7 Å². The van der Waals surface area contributed by atoms with Crippen LogP contribution in [0.4, 0.5) is 4.39 Å². The minimum atomic E-state index is -3.80. The molecule has 11 nitrogen and oxygen atoms in total. The maximum atomic E-state index is 12.6. The second kappa shape index (κ2) is 15.6. The van der Waals surface area contributed by atoms with Crippen LogP contribution in [0.3, 0.4) is 0 Å². The maximum absolute atomic E-state index is 12.6. The van der Waals surface area contributed by atoms with E-state index in [1.807, 2.05) is 4.90 Å². The molecule has 0 aliphatic carbocycles. The average molecular weight is 547 g/mol. The highest BCUT2D eigenvalue weighted by Crippen LogP contribution is 2.43. The molecule has 1 heterocycles. The first-order chi connectivity index (χ1) is 15.8. The van der Waals surface area contributed by atoms with Crippen LogP contribution in [-0.2, 0) is 23.5 Å². The molecule has 0 aromatic heterocycles. The van der Waals surface area contributed by atoms with Crippen LogP contribution in [0.5, 0.6) is 0 Å². The van der Waals surface area contributed by atoms with Gasteiger partial charge in [-0.15, -0.1) is 0 Å². The van der Waals surface area contributed by atoms with Gasteiger partial charge in [0.15, 0.2) is 0 Å². The molecule has 0 spiro atoms. The molecule has 0 radical (unpaired) electrons. The first kappa shape index (κ1) is 31.6. The van der Waals surface area contributed by atoms with Crippen LogP contribution in [-0.4, -0.2) is 124 Å². The van der Waals surface area contributed by atoms with Crippen LogP contribution < -0.4 is 0 Å². The molecule has 0 aromatic carbocycles. The van der Waals surface area contributed by atoms with Gasteiger partial charge in [-0.05, 0) is 13.1 Å². The van der Waals surface area contributed by atoms with E-state index in [1.165, 1.54) is 6.92 Å². The molecule has 3 atom stereocenters. The lowest BCUT2D eigenvalue weighted by Crippen LogP contribution is -2.37. The summed E-state index contributed by atoms with van der Waals surface area (Å²) in [6.45, 7) is 3.73. The topological polar surface area (TPSA) is 156 Å². The zero-order chi connectivity index (χ0) is 25.8. The van der Waals surface area contributed by atoms with Gasteiger partial charge in [-0.25, -0.2) is 0 Å². The minimum Gasteiger partial charge on any atom is -0.372 e. The Morgan fingerprint density at radius 1 is 0.912 bits per heavy atom. The molecule has 1 fully saturated rings. The van der Waals surface area contributed by atoms with Gasteiger partial charge >= 0.3 is 6.04 Å². The molecule has 3 unspecified atom stereocenters. The third kappa shape index (κ3) is 14.9. The summed E-state index contributed by atoms with van der Waals surface area (Å²) in [5.74, 6) is -0.173. The van der Waals surface area contributed by atoms with E-state index in [2.05, 4.69) is 0 Å². The number of carbonyl (C=O) groups is 3. The van der Waals surface area contributed by atoms with Gasteiger partial charge in [0.25, 0.3) is 0 Å². The summed E-state index contributed by atoms with van der Waals surface area (Å²) in [5, 5.41) is 0. The van der Waals surface area contributed by atoms with Gasteiger partial charge < -0.3 is 24.3 Å². The number of ketones is 1. The Hall–Kier alpha value is -0.410. The lowest BCUT2D eigenvalue weighted by molar-refractivity contribution is -0.128. The van der Waals surface area contributed by atoms with Gasteiger partial charge in [0.1, 0.15) is 12.1 Å². The van der Waals surface area contributed by atoms with E-state index < -0.39 is 41.5 Å². The second-order valence-electron chi connectivity index (χ2n) is 8.66. The van der Waals surface area contributed by atoms with E-state index in [4.69, 9.17) is 0 Å². The number of hydrogen-bond acceptors (Lipinski definition) is 9. The fourth-order valence-corrected chi connectivity index (χ4v) is 8.05. The van der Waals surface area contributed by atoms with Gasteiger partial charge in [0.05, 0.1) is 12.6 Å². The Labute approximate surface area is 201 Å². The van der Waals surface area contributed by atoms with E-state index in [9.17, 15) is 42.6 Å². The maximum Gasteiger partial charge on any atom is 0.302 e. The fourth-order valence-electron chi connectivity index (χ4n) is 3.47. The smallest absolute Gasteiger partial charge is 0.302 e. The van der Waals surface area contributed by atoms with Crippen molar-refractivity contribution < 1.29 is 42.6 Å². The first-order valence-corrected chi connectivity index (χ1v) is 16.9. The lowest BCUT2D eigenvalue weighted by atomic mass is 10.4. The number of carbonyl (C=O) groups excluding carboxylic acids is 3. The molecule has 3 N–H and O–H groups in total. The van der Waals surface area contributed by atoms with E-state index in [-0.39, 0.29) is 37.4 Å². The Balaban J connectivity index is 2.91. The fraction of sp³-hybridized carbons (Fsp3) is 0.842. The molecule has 1 rings (SSSR count). The normalized spacial score (nSPS) is 21.4. The van der Waals surface area contributed by atoms with Crippen molar-refractivity contribution in [2.45, 2.75) is 26.2 Å². The quantitative estimate of drug-likeness (QED) is 0.154. The summed E-state index contributed by atoms with van der Waals surface area (Å²) in [6, 6.07) is -1.65. The number of hydrogen-bond donors (Lipinski definition) is 3. The highest BCUT2D eigenvalue weighted by molar-refractivity contribution is 7.58. The first-order valence-electron chi connectivity index (χ1n) is 11.2. The average Bonchev–Trinajstić information content (AvgIpc) is 2.81. The van der Waals surface area contributed by atoms with Gasteiger partial charge in [0.2, 0.25) is 14.7 Å². The van der Waals surface area contributed by atoms with E-state index >= 15 is 0 Å². The van der Waals surface area contributed by atoms with Crippen LogP contribution in [0, 0.1) is 0 Å². The number of rotatable bonds is 15. The second-order valence-corrected chi connectivity index (χ2v) is 15.2. The minimum absolute atomic E-state index is 0.00634. The number of nitrogens with zero attached hydrogens (tertiary/aromatic N) is 3. The van der Waals surface area contributed by atoms with Crippen molar-refractivity contribution in [3.63, 3.8) is 0 Å². The Morgan fingerprint density at radius 2 is 1.35 bits per heavy atom. The number of aldehydes is 1. The van der Waals surface area contributed by atoms with Gasteiger partial charge in [0, 0.05) is 85.3 Å². The predicted molar refractivity (Wildman–Crippen MR) is 129 cm³/mol. The molecule has 0 saturated carbocycles. The van der Waals surface area contributed by atoms with Crippen LogP contribution in [0.1, 0.15) is 26.2 Å². The zero-order valence-electron chi connectivity index (χ0n) is 19.6. The molecular weight excluding hydrogens is 510 g/mol. The summed E-state index contributed by atoms with van der Waals surface area (Å²) in [4.78, 5) is 68.7. The highest BCUT2D eigenvalue weighted by atomic mass is 31.2. The van der Waals surface area contributed by atoms with E-state index in [0.29, 0.717) is 51.7 Å². The number of halogens is 1. The van der Waals surface area contributed by atoms with E-state index in [1.54, 1.807) is 9.80 Å². The summed E-state index contributed by atoms with van der Waals surface area (Å²) in [6.07, 6.45) is 0.104. The molecule has 1 aliphatic rings. The molecular formula is C19H37FN3O8P3. The standard InChI is InChI=1S/C19H37FN3O8P3/c1-18(25)3-13-33(28,29)16-22-7-5-21(15-32(27)12-2-11-24)6-8-23(10-9-22)17-34(30,31)14-4-19(20)26/h11,27H,2-10,12-17H2,1H3,(H,28,29)(H,30,31). The SMILES string of the molecule is CC(=O)CCP(=O)(O)CN1CCN(CP(O)CCC=O)CCN(CP(=O)(O)CCC(=O)F)CC1. The van der Waals surface area contributed by atoms with Crippen molar-refractivity contribution in [2.75, 3.05) is 76.6 Å². The Kier molecular flexibility index (Phi) is 14.6. The summed E-state index contributed by atoms with van der Waals surface area (Å²) >= 11 is 0. The number of Topliss-reactive ketones (excluding diaryl/α,β-unsaturated/α-hetero) is 1. The van der Waals surface area contributed by atoms with Crippen LogP contribution in [0.25, 0.3) is 0 Å². The van der Waals surface area contributed by atoms with Crippen molar-refractivity contribution in [3.05, 3.63) is 0 Å². The third-order valence-corrected chi connectivity index (χ3v) is 10.4. The molecule has 198 valence electrons. The summed E-state index contributed by atoms with van der Waals surface area (Å²) in [7, 11) is -8.83. The third-order valence-electron chi connectivity index (χ3n) is 5.38. The summed E-state index contributed by atoms with van der Waals surface area (Å²) in [5.41, 5.74) is 0. The van der Waals surface area contributed by atoms with Gasteiger partial charge in [-0.3, -0.25) is 28.6 Å². The van der Waals surface area contributed by atoms with Crippen molar-refractivity contribution >= 4 is 41.0 Å². The monoisotopic (exact) mass is 547 g/mol. The van der Waals surface area contributed by atoms with Crippen LogP contribution >= 0.6 is 22.9 Å². The molecule has 0 amide bonds. The Bertz CT molecular complexity index is 723. The van der Waals surface area contributed by atoms with Gasteiger partial charge in [-0.2, -0.15) is 4.39 Å². The van der Waals surface area contributed by atoms with Crippen molar-refractivity contribution in [3.8, 4) is 0 Å². The summed E-state index contributed by atoms with van der Waals surface area (Å²) < 4.78 is 37.7. The molecule has 1 saturated heterocycles. The predicted octanol–water partition coefficient (Wildman–Crippen LogP) is 1.16. The lowest BCUT2D eigenvalue weighted by Gasteiger charge is -2.28. The molecule has 0 aromatic rings. The van der Waals surface area contributed by atoms with Gasteiger partial charge in [-0.1, -0.05) is 0 Å². The van der Waals surface area contributed by atoms with E-state index in [0.717, 1.165) is 6.29 Å². The van der Waals surface area contributed by atoms with Crippen molar-refractivity contribution in [1.29, 1.82) is 0 Å².